The van der Waals surface area contributed by atoms with Gasteiger partial charge in [-0.15, -0.1) is 0 Å². The molecule has 0 aliphatic rings. The smallest absolute Gasteiger partial charge is 0.228 e. The van der Waals surface area contributed by atoms with Crippen molar-refractivity contribution >= 4 is 11.6 Å². The van der Waals surface area contributed by atoms with Crippen LogP contribution in [0.4, 0.5) is 5.69 Å². The van der Waals surface area contributed by atoms with Crippen molar-refractivity contribution in [3.8, 4) is 5.69 Å². The molecule has 4 heteroatoms. The highest BCUT2D eigenvalue weighted by Crippen LogP contribution is 2.16. The number of carbonyl (C=O) groups is 1. The molecule has 3 aromatic rings. The van der Waals surface area contributed by atoms with Crippen molar-refractivity contribution < 1.29 is 4.79 Å². The first-order chi connectivity index (χ1) is 11.1. The molecule has 0 aliphatic heterocycles. The Morgan fingerprint density at radius 1 is 1.13 bits per heavy atom. The van der Waals surface area contributed by atoms with E-state index in [0.29, 0.717) is 6.42 Å². The van der Waals surface area contributed by atoms with Gasteiger partial charge in [-0.1, -0.05) is 29.8 Å². The Labute approximate surface area is 135 Å². The van der Waals surface area contributed by atoms with Crippen LogP contribution < -0.4 is 5.32 Å². The van der Waals surface area contributed by atoms with Crippen molar-refractivity contribution in [1.29, 1.82) is 0 Å². The summed E-state index contributed by atoms with van der Waals surface area (Å²) in [7, 11) is 0. The number of hydrogen-bond acceptors (Lipinski definition) is 2. The zero-order chi connectivity index (χ0) is 16.2. The van der Waals surface area contributed by atoms with Crippen molar-refractivity contribution in [2.24, 2.45) is 0 Å². The van der Waals surface area contributed by atoms with Gasteiger partial charge in [0.05, 0.1) is 12.1 Å². The molecule has 116 valence electrons. The highest BCUT2D eigenvalue weighted by molar-refractivity contribution is 5.93. The molecule has 0 radical (unpaired) electrons. The van der Waals surface area contributed by atoms with E-state index in [1.54, 1.807) is 10.9 Å². The molecule has 0 atom stereocenters. The van der Waals surface area contributed by atoms with Gasteiger partial charge in [-0.05, 0) is 49.2 Å². The van der Waals surface area contributed by atoms with Gasteiger partial charge in [0, 0.05) is 18.1 Å². The molecule has 0 fully saturated rings. The van der Waals surface area contributed by atoms with Crippen LogP contribution in [-0.2, 0) is 11.2 Å². The fourth-order valence-corrected chi connectivity index (χ4v) is 2.52. The predicted molar refractivity (Wildman–Crippen MR) is 91.8 cm³/mol. The van der Waals surface area contributed by atoms with E-state index in [0.717, 1.165) is 22.5 Å². The van der Waals surface area contributed by atoms with E-state index < -0.39 is 0 Å². The Balaban J connectivity index is 1.66. The molecule has 0 aliphatic carbocycles. The average Bonchev–Trinajstić information content (AvgIpc) is 3.05. The molecule has 1 aromatic heterocycles. The minimum Gasteiger partial charge on any atom is -0.326 e. The van der Waals surface area contributed by atoms with Gasteiger partial charge in [0.2, 0.25) is 5.91 Å². The van der Waals surface area contributed by atoms with Gasteiger partial charge in [0.25, 0.3) is 0 Å². The highest BCUT2D eigenvalue weighted by atomic mass is 16.1. The molecule has 3 rings (SSSR count). The molecule has 0 spiro atoms. The Bertz CT molecular complexity index is 805. The second-order valence-corrected chi connectivity index (χ2v) is 5.66. The molecule has 0 saturated carbocycles. The summed E-state index contributed by atoms with van der Waals surface area (Å²) in [5.74, 6) is -0.0104. The summed E-state index contributed by atoms with van der Waals surface area (Å²) in [4.78, 5) is 12.2. The topological polar surface area (TPSA) is 46.9 Å². The molecule has 0 bridgehead atoms. The van der Waals surface area contributed by atoms with Crippen molar-refractivity contribution in [3.63, 3.8) is 0 Å². The summed E-state index contributed by atoms with van der Waals surface area (Å²) in [6, 6.07) is 15.7. The zero-order valence-electron chi connectivity index (χ0n) is 13.3. The fourth-order valence-electron chi connectivity index (χ4n) is 2.52. The quantitative estimate of drug-likeness (QED) is 0.799. The lowest BCUT2D eigenvalue weighted by Gasteiger charge is -2.09. The molecule has 4 nitrogen and oxygen atoms in total. The van der Waals surface area contributed by atoms with Crippen molar-refractivity contribution in [2.45, 2.75) is 20.3 Å². The number of nitrogens with zero attached hydrogens (tertiary/aromatic N) is 2. The molecular weight excluding hydrogens is 286 g/mol. The average molecular weight is 305 g/mol. The highest BCUT2D eigenvalue weighted by Gasteiger charge is 2.06. The van der Waals surface area contributed by atoms with Crippen LogP contribution in [0.2, 0.25) is 0 Å². The minimum atomic E-state index is -0.0104. The molecular formula is C19H19N3O. The second kappa shape index (κ2) is 6.48. The number of carbonyl (C=O) groups excluding carboxylic acids is 1. The lowest BCUT2D eigenvalue weighted by Crippen LogP contribution is -2.15. The van der Waals surface area contributed by atoms with E-state index in [1.165, 1.54) is 5.56 Å². The number of anilines is 1. The van der Waals surface area contributed by atoms with Crippen molar-refractivity contribution in [3.05, 3.63) is 77.6 Å². The van der Waals surface area contributed by atoms with E-state index in [1.807, 2.05) is 62.5 Å². The molecule has 0 unspecified atom stereocenters. The molecule has 2 aromatic carbocycles. The zero-order valence-corrected chi connectivity index (χ0v) is 13.3. The molecule has 1 amide bonds. The van der Waals surface area contributed by atoms with Crippen LogP contribution in [0, 0.1) is 13.8 Å². The molecule has 1 N–H and O–H groups in total. The van der Waals surface area contributed by atoms with Crippen molar-refractivity contribution in [2.75, 3.05) is 5.32 Å². The van der Waals surface area contributed by atoms with Crippen LogP contribution in [-0.4, -0.2) is 15.7 Å². The maximum atomic E-state index is 12.2. The molecule has 0 saturated heterocycles. The Morgan fingerprint density at radius 3 is 2.57 bits per heavy atom. The van der Waals surface area contributed by atoms with Crippen LogP contribution in [0.5, 0.6) is 0 Å². The van der Waals surface area contributed by atoms with Gasteiger partial charge < -0.3 is 5.32 Å². The first-order valence-corrected chi connectivity index (χ1v) is 7.58. The van der Waals surface area contributed by atoms with Crippen LogP contribution in [0.15, 0.2) is 60.9 Å². The number of rotatable bonds is 4. The van der Waals surface area contributed by atoms with Gasteiger partial charge >= 0.3 is 0 Å². The number of nitrogens with one attached hydrogen (secondary N) is 1. The van der Waals surface area contributed by atoms with Gasteiger partial charge in [-0.3, -0.25) is 4.79 Å². The standard InChI is InChI=1S/C19H19N3O/c1-14-4-9-18(15(2)12-14)21-19(23)13-16-5-7-17(8-6-16)22-11-3-10-20-22/h3-12H,13H2,1-2H3,(H,21,23). The van der Waals surface area contributed by atoms with E-state index in [-0.39, 0.29) is 5.91 Å². The van der Waals surface area contributed by atoms with E-state index in [2.05, 4.69) is 16.5 Å². The fraction of sp³-hybridized carbons (Fsp3) is 0.158. The SMILES string of the molecule is Cc1ccc(NC(=O)Cc2ccc(-n3cccn3)cc2)c(C)c1. The monoisotopic (exact) mass is 305 g/mol. The third-order valence-corrected chi connectivity index (χ3v) is 3.73. The number of aromatic nitrogens is 2. The third kappa shape index (κ3) is 3.66. The lowest BCUT2D eigenvalue weighted by molar-refractivity contribution is -0.115. The maximum Gasteiger partial charge on any atom is 0.228 e. The largest absolute Gasteiger partial charge is 0.326 e. The van der Waals surface area contributed by atoms with Crippen molar-refractivity contribution in [1.82, 2.24) is 9.78 Å². The number of benzene rings is 2. The summed E-state index contributed by atoms with van der Waals surface area (Å²) in [5, 5.41) is 7.16. The van der Waals surface area contributed by atoms with Crippen LogP contribution in [0.3, 0.4) is 0 Å². The molecule has 23 heavy (non-hydrogen) atoms. The Hall–Kier alpha value is -2.88. The second-order valence-electron chi connectivity index (χ2n) is 5.66. The lowest BCUT2D eigenvalue weighted by atomic mass is 10.1. The summed E-state index contributed by atoms with van der Waals surface area (Å²) < 4.78 is 1.79. The van der Waals surface area contributed by atoms with Crippen LogP contribution in [0.1, 0.15) is 16.7 Å². The minimum absolute atomic E-state index is 0.0104. The normalized spacial score (nSPS) is 10.5. The Morgan fingerprint density at radius 2 is 1.91 bits per heavy atom. The summed E-state index contributed by atoms with van der Waals surface area (Å²) in [6.07, 6.45) is 3.99. The van der Waals surface area contributed by atoms with Gasteiger partial charge in [0.15, 0.2) is 0 Å². The first-order valence-electron chi connectivity index (χ1n) is 7.58. The molecule has 1 heterocycles. The summed E-state index contributed by atoms with van der Waals surface area (Å²) >= 11 is 0. The van der Waals surface area contributed by atoms with E-state index in [9.17, 15) is 4.79 Å². The van der Waals surface area contributed by atoms with E-state index >= 15 is 0 Å². The number of hydrogen-bond donors (Lipinski definition) is 1. The number of aryl methyl sites for hydroxylation is 2. The summed E-state index contributed by atoms with van der Waals surface area (Å²) in [6.45, 7) is 4.04. The van der Waals surface area contributed by atoms with Gasteiger partial charge in [-0.25, -0.2) is 4.68 Å². The number of amides is 1. The van der Waals surface area contributed by atoms with Gasteiger partial charge in [-0.2, -0.15) is 5.10 Å². The van der Waals surface area contributed by atoms with Gasteiger partial charge in [0.1, 0.15) is 0 Å². The third-order valence-electron chi connectivity index (χ3n) is 3.73. The van der Waals surface area contributed by atoms with E-state index in [4.69, 9.17) is 0 Å². The van der Waals surface area contributed by atoms with Crippen LogP contribution >= 0.6 is 0 Å². The Kier molecular flexibility index (Phi) is 4.24. The van der Waals surface area contributed by atoms with Crippen LogP contribution in [0.25, 0.3) is 5.69 Å². The maximum absolute atomic E-state index is 12.2. The predicted octanol–water partition coefficient (Wildman–Crippen LogP) is 3.67. The summed E-state index contributed by atoms with van der Waals surface area (Å²) in [5.41, 5.74) is 5.09. The first kappa shape index (κ1) is 15.0.